The quantitative estimate of drug-likeness (QED) is 0.643. The molecule has 0 unspecified atom stereocenters. The van der Waals surface area contributed by atoms with Crippen LogP contribution >= 0.6 is 0 Å². The zero-order valence-electron chi connectivity index (χ0n) is 15.1. The lowest BCUT2D eigenvalue weighted by molar-refractivity contribution is -0.00133. The fourth-order valence-corrected chi connectivity index (χ4v) is 6.57. The minimum Gasteiger partial charge on any atom is -0.381 e. The van der Waals surface area contributed by atoms with Gasteiger partial charge in [-0.25, -0.2) is 0 Å². The Morgan fingerprint density at radius 2 is 1.77 bits per heavy atom. The molecule has 1 heterocycles. The summed E-state index contributed by atoms with van der Waals surface area (Å²) in [7, 11) is 0. The van der Waals surface area contributed by atoms with E-state index in [4.69, 9.17) is 0 Å². The maximum Gasteiger partial charge on any atom is 0.0378 e. The van der Waals surface area contributed by atoms with Gasteiger partial charge in [-0.3, -0.25) is 0 Å². The highest BCUT2D eigenvalue weighted by atomic mass is 15.0. The number of nitrogens with one attached hydrogen (secondary N) is 1. The lowest BCUT2D eigenvalue weighted by Gasteiger charge is -2.57. The molecule has 1 aromatic carbocycles. The van der Waals surface area contributed by atoms with Crippen LogP contribution in [0.1, 0.15) is 70.9 Å². The highest BCUT2D eigenvalue weighted by molar-refractivity contribution is 5.60. The highest BCUT2D eigenvalue weighted by Crippen LogP contribution is 2.71. The van der Waals surface area contributed by atoms with E-state index in [1.54, 1.807) is 5.56 Å². The minimum absolute atomic E-state index is 0.377. The second-order valence-electron chi connectivity index (χ2n) is 9.86. The molecule has 4 rings (SSSR count). The van der Waals surface area contributed by atoms with Crippen molar-refractivity contribution in [2.24, 2.45) is 22.2 Å². The summed E-state index contributed by atoms with van der Waals surface area (Å²) in [5.74, 6) is 1.55. The maximum atomic E-state index is 3.98. The van der Waals surface area contributed by atoms with Crippen molar-refractivity contribution < 1.29 is 0 Å². The zero-order chi connectivity index (χ0) is 15.9. The number of benzene rings is 1. The molecule has 1 N–H and O–H groups in total. The van der Waals surface area contributed by atoms with E-state index in [9.17, 15) is 0 Å². The van der Waals surface area contributed by atoms with Gasteiger partial charge in [0.15, 0.2) is 0 Å². The van der Waals surface area contributed by atoms with Gasteiger partial charge in [-0.2, -0.15) is 0 Å². The fourth-order valence-electron chi connectivity index (χ4n) is 6.57. The van der Waals surface area contributed by atoms with Crippen LogP contribution in [0, 0.1) is 29.1 Å². The molecule has 0 spiro atoms. The van der Waals surface area contributed by atoms with Gasteiger partial charge in [0.05, 0.1) is 0 Å². The van der Waals surface area contributed by atoms with E-state index in [0.717, 1.165) is 11.8 Å². The first kappa shape index (κ1) is 14.6. The topological polar surface area (TPSA) is 12.0 Å². The van der Waals surface area contributed by atoms with Crippen molar-refractivity contribution in [3.8, 4) is 0 Å². The van der Waals surface area contributed by atoms with Crippen LogP contribution in [-0.2, 0) is 0 Å². The highest BCUT2D eigenvalue weighted by Gasteiger charge is 2.66. The zero-order valence-corrected chi connectivity index (χ0v) is 15.1. The first-order valence-corrected chi connectivity index (χ1v) is 9.03. The van der Waals surface area contributed by atoms with Crippen LogP contribution in [0.25, 0.3) is 0 Å². The second-order valence-corrected chi connectivity index (χ2v) is 9.86. The van der Waals surface area contributed by atoms with Crippen molar-refractivity contribution in [3.63, 3.8) is 0 Å². The van der Waals surface area contributed by atoms with Gasteiger partial charge in [0.1, 0.15) is 0 Å². The first-order valence-electron chi connectivity index (χ1n) is 9.03. The summed E-state index contributed by atoms with van der Waals surface area (Å²) in [6.07, 6.45) is 4.08. The van der Waals surface area contributed by atoms with E-state index in [1.807, 2.05) is 0 Å². The number of aryl methyl sites for hydroxylation is 1. The van der Waals surface area contributed by atoms with Gasteiger partial charge < -0.3 is 5.32 Å². The van der Waals surface area contributed by atoms with E-state index in [0.29, 0.717) is 22.3 Å². The third kappa shape index (κ3) is 1.66. The summed E-state index contributed by atoms with van der Waals surface area (Å²) in [4.78, 5) is 0. The van der Waals surface area contributed by atoms with E-state index in [2.05, 4.69) is 65.1 Å². The molecule has 22 heavy (non-hydrogen) atoms. The molecule has 1 aromatic rings. The van der Waals surface area contributed by atoms with Gasteiger partial charge >= 0.3 is 0 Å². The average molecular weight is 297 g/mol. The molecule has 1 nitrogen and oxygen atoms in total. The molecule has 2 fully saturated rings. The minimum atomic E-state index is 0.377. The van der Waals surface area contributed by atoms with Crippen molar-refractivity contribution in [2.45, 2.75) is 72.8 Å². The van der Waals surface area contributed by atoms with Gasteiger partial charge in [-0.1, -0.05) is 52.3 Å². The molecule has 0 aromatic heterocycles. The van der Waals surface area contributed by atoms with Crippen LogP contribution in [0.2, 0.25) is 0 Å². The number of anilines is 1. The molecule has 0 saturated heterocycles. The lowest BCUT2D eigenvalue weighted by atomic mass is 9.50. The molecule has 0 amide bonds. The van der Waals surface area contributed by atoms with Crippen LogP contribution in [0.15, 0.2) is 18.2 Å². The third-order valence-corrected chi connectivity index (χ3v) is 7.54. The number of rotatable bonds is 0. The molecule has 0 radical (unpaired) electrons. The van der Waals surface area contributed by atoms with E-state index < -0.39 is 0 Å². The molecular formula is C21H31N. The van der Waals surface area contributed by atoms with Crippen molar-refractivity contribution >= 4 is 5.69 Å². The molecule has 3 aliphatic rings. The smallest absolute Gasteiger partial charge is 0.0378 e. The molecule has 0 bridgehead atoms. The molecular weight excluding hydrogens is 266 g/mol. The summed E-state index contributed by atoms with van der Waals surface area (Å²) in [6, 6.07) is 7.65. The average Bonchev–Trinajstić information content (AvgIpc) is 2.63. The standard InChI is InChI=1S/C21H31N/c1-13-7-8-16-14(11-13)15-9-10-19(2,3)17-12-20(4,5)18(22-16)21(15,17)6/h7-8,11,15,17-18,22H,9-10,12H2,1-6H3/t15-,17-,18+,21+/m1/s1. The Labute approximate surface area is 135 Å². The van der Waals surface area contributed by atoms with Gasteiger partial charge in [0.25, 0.3) is 0 Å². The summed E-state index contributed by atoms with van der Waals surface area (Å²) >= 11 is 0. The lowest BCUT2D eigenvalue weighted by Crippen LogP contribution is -2.54. The molecule has 120 valence electrons. The van der Waals surface area contributed by atoms with Crippen LogP contribution in [0.5, 0.6) is 0 Å². The van der Waals surface area contributed by atoms with Gasteiger partial charge in [0, 0.05) is 11.7 Å². The van der Waals surface area contributed by atoms with Crippen molar-refractivity contribution in [2.75, 3.05) is 5.32 Å². The number of fused-ring (bicyclic) bond motifs is 2. The van der Waals surface area contributed by atoms with E-state index in [1.165, 1.54) is 30.5 Å². The predicted molar refractivity (Wildman–Crippen MR) is 94.3 cm³/mol. The van der Waals surface area contributed by atoms with E-state index >= 15 is 0 Å². The normalized spacial score (nSPS) is 40.5. The van der Waals surface area contributed by atoms with Crippen molar-refractivity contribution in [1.29, 1.82) is 0 Å². The maximum absolute atomic E-state index is 3.98. The Morgan fingerprint density at radius 1 is 1.05 bits per heavy atom. The van der Waals surface area contributed by atoms with Crippen LogP contribution < -0.4 is 5.32 Å². The largest absolute Gasteiger partial charge is 0.381 e. The number of hydrogen-bond acceptors (Lipinski definition) is 1. The molecule has 1 heteroatoms. The Morgan fingerprint density at radius 3 is 2.50 bits per heavy atom. The van der Waals surface area contributed by atoms with Crippen molar-refractivity contribution in [1.82, 2.24) is 0 Å². The summed E-state index contributed by atoms with van der Waals surface area (Å²) < 4.78 is 0. The van der Waals surface area contributed by atoms with E-state index in [-0.39, 0.29) is 0 Å². The Bertz CT molecular complexity index is 627. The SMILES string of the molecule is Cc1ccc2c(c1)[C@H]1CCC(C)(C)[C@H]3CC(C)(C)[C@H](N2)[C@@]13C. The van der Waals surface area contributed by atoms with Crippen LogP contribution in [0.4, 0.5) is 5.69 Å². The number of hydrogen-bond donors (Lipinski definition) is 1. The molecule has 2 aliphatic carbocycles. The summed E-state index contributed by atoms with van der Waals surface area (Å²) in [5.41, 5.74) is 5.65. The summed E-state index contributed by atoms with van der Waals surface area (Å²) in [5, 5.41) is 3.98. The van der Waals surface area contributed by atoms with Gasteiger partial charge in [-0.15, -0.1) is 0 Å². The molecule has 4 atom stereocenters. The van der Waals surface area contributed by atoms with Gasteiger partial charge in [0.2, 0.25) is 0 Å². The van der Waals surface area contributed by atoms with Crippen molar-refractivity contribution in [3.05, 3.63) is 29.3 Å². The molecule has 1 aliphatic heterocycles. The Balaban J connectivity index is 1.92. The Kier molecular flexibility index (Phi) is 2.72. The first-order chi connectivity index (χ1) is 10.2. The van der Waals surface area contributed by atoms with Crippen LogP contribution in [-0.4, -0.2) is 6.04 Å². The predicted octanol–water partition coefficient (Wildman–Crippen LogP) is 5.75. The monoisotopic (exact) mass is 297 g/mol. The fraction of sp³-hybridized carbons (Fsp3) is 0.714. The van der Waals surface area contributed by atoms with Gasteiger partial charge in [-0.05, 0) is 65.9 Å². The summed E-state index contributed by atoms with van der Waals surface area (Å²) in [6.45, 7) is 14.8. The third-order valence-electron chi connectivity index (χ3n) is 7.54. The second kappa shape index (κ2) is 4.10. The van der Waals surface area contributed by atoms with Crippen LogP contribution in [0.3, 0.4) is 0 Å². The Hall–Kier alpha value is -0.980. The molecule has 2 saturated carbocycles.